The Bertz CT molecular complexity index is 417. The number of alkyl halides is 3. The largest absolute Gasteiger partial charge is 0.464 e. The van der Waals surface area contributed by atoms with Crippen molar-refractivity contribution in [2.24, 2.45) is 5.92 Å². The Hall–Kier alpha value is -1.47. The third-order valence-electron chi connectivity index (χ3n) is 3.18. The Balaban J connectivity index is 2.95. The van der Waals surface area contributed by atoms with Gasteiger partial charge in [0.2, 0.25) is 0 Å². The van der Waals surface area contributed by atoms with Gasteiger partial charge in [-0.2, -0.15) is 13.2 Å². The second-order valence-electron chi connectivity index (χ2n) is 5.95. The predicted octanol–water partition coefficient (Wildman–Crippen LogP) is 2.79. The van der Waals surface area contributed by atoms with Crippen molar-refractivity contribution in [1.82, 2.24) is 5.32 Å². The lowest BCUT2D eigenvalue weighted by molar-refractivity contribution is -0.230. The Labute approximate surface area is 121 Å². The van der Waals surface area contributed by atoms with Gasteiger partial charge in [-0.1, -0.05) is 0 Å². The summed E-state index contributed by atoms with van der Waals surface area (Å²) in [6, 6.07) is 0. The number of hydrogen-bond acceptors (Lipinski definition) is 4. The van der Waals surface area contributed by atoms with Crippen LogP contribution in [0.25, 0.3) is 0 Å². The van der Waals surface area contributed by atoms with Gasteiger partial charge in [0.15, 0.2) is 5.54 Å². The van der Waals surface area contributed by atoms with Crippen molar-refractivity contribution in [1.29, 1.82) is 0 Å². The van der Waals surface area contributed by atoms with Gasteiger partial charge in [-0.25, -0.2) is 9.59 Å². The Morgan fingerprint density at radius 1 is 1.29 bits per heavy atom. The molecule has 0 aliphatic heterocycles. The first-order valence-electron chi connectivity index (χ1n) is 6.67. The summed E-state index contributed by atoms with van der Waals surface area (Å²) < 4.78 is 48.6. The SMILES string of the molecule is CCOC(=O)[C@@]1(NC(=O)OC(C)(C)C)CC[C@H]1C(F)(F)F. The number of halogens is 3. The van der Waals surface area contributed by atoms with Crippen molar-refractivity contribution in [2.45, 2.75) is 57.9 Å². The Morgan fingerprint density at radius 3 is 2.19 bits per heavy atom. The number of carbonyl (C=O) groups excluding carboxylic acids is 2. The van der Waals surface area contributed by atoms with Crippen LogP contribution < -0.4 is 5.32 Å². The van der Waals surface area contributed by atoms with Gasteiger partial charge >= 0.3 is 18.2 Å². The van der Waals surface area contributed by atoms with E-state index in [-0.39, 0.29) is 19.4 Å². The summed E-state index contributed by atoms with van der Waals surface area (Å²) in [6.45, 7) is 6.14. The quantitative estimate of drug-likeness (QED) is 0.814. The molecule has 0 bridgehead atoms. The molecule has 1 aliphatic carbocycles. The van der Waals surface area contributed by atoms with Crippen LogP contribution in [0.15, 0.2) is 0 Å². The van der Waals surface area contributed by atoms with Gasteiger partial charge in [0.25, 0.3) is 0 Å². The van der Waals surface area contributed by atoms with Gasteiger partial charge in [0, 0.05) is 0 Å². The molecule has 8 heteroatoms. The van der Waals surface area contributed by atoms with E-state index in [0.717, 1.165) is 0 Å². The maximum Gasteiger partial charge on any atom is 0.408 e. The number of hydrogen-bond donors (Lipinski definition) is 1. The summed E-state index contributed by atoms with van der Waals surface area (Å²) in [7, 11) is 0. The van der Waals surface area contributed by atoms with Crippen LogP contribution in [-0.4, -0.2) is 36.0 Å². The molecule has 0 heterocycles. The minimum atomic E-state index is -4.60. The monoisotopic (exact) mass is 311 g/mol. The smallest absolute Gasteiger partial charge is 0.408 e. The van der Waals surface area contributed by atoms with E-state index in [2.05, 4.69) is 5.32 Å². The van der Waals surface area contributed by atoms with Crippen LogP contribution in [0.5, 0.6) is 0 Å². The molecule has 2 atom stereocenters. The third kappa shape index (κ3) is 4.01. The zero-order valence-corrected chi connectivity index (χ0v) is 12.5. The summed E-state index contributed by atoms with van der Waals surface area (Å²) in [5.74, 6) is -3.04. The molecule has 1 aliphatic rings. The maximum absolute atomic E-state index is 13.0. The number of carbonyl (C=O) groups is 2. The van der Waals surface area contributed by atoms with Crippen LogP contribution in [0.3, 0.4) is 0 Å². The molecule has 5 nitrogen and oxygen atoms in total. The molecule has 0 aromatic rings. The molecule has 122 valence electrons. The highest BCUT2D eigenvalue weighted by molar-refractivity contribution is 5.87. The lowest BCUT2D eigenvalue weighted by atomic mass is 9.66. The highest BCUT2D eigenvalue weighted by Crippen LogP contribution is 2.49. The van der Waals surface area contributed by atoms with Gasteiger partial charge in [0.1, 0.15) is 5.60 Å². The van der Waals surface area contributed by atoms with Gasteiger partial charge in [0.05, 0.1) is 12.5 Å². The van der Waals surface area contributed by atoms with E-state index in [4.69, 9.17) is 9.47 Å². The fourth-order valence-electron chi connectivity index (χ4n) is 2.21. The Morgan fingerprint density at radius 2 is 1.86 bits per heavy atom. The highest BCUT2D eigenvalue weighted by atomic mass is 19.4. The first-order chi connectivity index (χ1) is 9.42. The standard InChI is InChI=1S/C13H20F3NO4/c1-5-20-9(18)12(7-6-8(12)13(14,15)16)17-10(19)21-11(2,3)4/h8H,5-7H2,1-4H3,(H,17,19)/t8-,12-/m1/s1. The summed E-state index contributed by atoms with van der Waals surface area (Å²) in [6.07, 6.45) is -6.03. The summed E-state index contributed by atoms with van der Waals surface area (Å²) in [5.41, 5.74) is -2.96. The first-order valence-corrected chi connectivity index (χ1v) is 6.67. The summed E-state index contributed by atoms with van der Waals surface area (Å²) in [4.78, 5) is 23.7. The van der Waals surface area contributed by atoms with E-state index in [1.165, 1.54) is 6.92 Å². The van der Waals surface area contributed by atoms with Crippen LogP contribution >= 0.6 is 0 Å². The number of amides is 1. The van der Waals surface area contributed by atoms with Gasteiger partial charge in [-0.15, -0.1) is 0 Å². The zero-order valence-electron chi connectivity index (χ0n) is 12.5. The van der Waals surface area contributed by atoms with Crippen molar-refractivity contribution in [3.63, 3.8) is 0 Å². The van der Waals surface area contributed by atoms with Gasteiger partial charge in [-0.05, 0) is 40.5 Å². The second-order valence-corrected chi connectivity index (χ2v) is 5.95. The molecule has 21 heavy (non-hydrogen) atoms. The molecule has 1 rings (SSSR count). The third-order valence-corrected chi connectivity index (χ3v) is 3.18. The normalized spacial score (nSPS) is 25.8. The molecule has 0 radical (unpaired) electrons. The van der Waals surface area contributed by atoms with Crippen LogP contribution in [0.1, 0.15) is 40.5 Å². The van der Waals surface area contributed by atoms with Gasteiger partial charge in [-0.3, -0.25) is 0 Å². The van der Waals surface area contributed by atoms with E-state index in [1.54, 1.807) is 20.8 Å². The fraction of sp³-hybridized carbons (Fsp3) is 0.846. The maximum atomic E-state index is 13.0. The minimum Gasteiger partial charge on any atom is -0.464 e. The molecular formula is C13H20F3NO4. The van der Waals surface area contributed by atoms with E-state index in [9.17, 15) is 22.8 Å². The lowest BCUT2D eigenvalue weighted by Gasteiger charge is -2.47. The Kier molecular flexibility index (Phi) is 4.80. The molecule has 0 aromatic carbocycles. The van der Waals surface area contributed by atoms with Crippen molar-refractivity contribution < 1.29 is 32.2 Å². The van der Waals surface area contributed by atoms with Crippen LogP contribution in [0, 0.1) is 5.92 Å². The van der Waals surface area contributed by atoms with E-state index < -0.39 is 35.3 Å². The molecule has 0 spiro atoms. The molecular weight excluding hydrogens is 291 g/mol. The molecule has 0 saturated heterocycles. The van der Waals surface area contributed by atoms with E-state index >= 15 is 0 Å². The highest BCUT2D eigenvalue weighted by Gasteiger charge is 2.65. The number of rotatable bonds is 3. The lowest BCUT2D eigenvalue weighted by Crippen LogP contribution is -2.69. The predicted molar refractivity (Wildman–Crippen MR) is 67.5 cm³/mol. The van der Waals surface area contributed by atoms with Crippen molar-refractivity contribution in [2.75, 3.05) is 6.61 Å². The molecule has 0 unspecified atom stereocenters. The van der Waals surface area contributed by atoms with Crippen LogP contribution in [0.2, 0.25) is 0 Å². The first kappa shape index (κ1) is 17.6. The minimum absolute atomic E-state index is 0.0683. The van der Waals surface area contributed by atoms with E-state index in [0.29, 0.717) is 0 Å². The van der Waals surface area contributed by atoms with Gasteiger partial charge < -0.3 is 14.8 Å². The molecule has 1 N–H and O–H groups in total. The van der Waals surface area contributed by atoms with Crippen molar-refractivity contribution in [3.8, 4) is 0 Å². The summed E-state index contributed by atoms with van der Waals surface area (Å²) >= 11 is 0. The van der Waals surface area contributed by atoms with Crippen molar-refractivity contribution >= 4 is 12.1 Å². The van der Waals surface area contributed by atoms with E-state index in [1.807, 2.05) is 0 Å². The molecule has 0 aromatic heterocycles. The zero-order chi connectivity index (χ0) is 16.5. The molecule has 1 saturated carbocycles. The number of ether oxygens (including phenoxy) is 2. The fourth-order valence-corrected chi connectivity index (χ4v) is 2.21. The number of nitrogens with one attached hydrogen (secondary N) is 1. The second kappa shape index (κ2) is 5.73. The average molecular weight is 311 g/mol. The summed E-state index contributed by atoms with van der Waals surface area (Å²) in [5, 5.41) is 2.07. The van der Waals surface area contributed by atoms with Crippen LogP contribution in [0.4, 0.5) is 18.0 Å². The van der Waals surface area contributed by atoms with Crippen molar-refractivity contribution in [3.05, 3.63) is 0 Å². The average Bonchev–Trinajstić information content (AvgIpc) is 2.19. The topological polar surface area (TPSA) is 64.6 Å². The molecule has 1 fully saturated rings. The number of alkyl carbamates (subject to hydrolysis) is 1. The molecule has 1 amide bonds. The number of esters is 1. The van der Waals surface area contributed by atoms with Crippen LogP contribution in [-0.2, 0) is 14.3 Å².